The molecule has 4 nitrogen and oxygen atoms in total. The fraction of sp³-hybridized carbons (Fsp3) is 0.400. The summed E-state index contributed by atoms with van der Waals surface area (Å²) in [6.07, 6.45) is 0. The SMILES string of the molecule is CC(C)C(c1cccs1)n1c(=O)[nH][nH]c1=S. The summed E-state index contributed by atoms with van der Waals surface area (Å²) in [6, 6.07) is 4.02. The summed E-state index contributed by atoms with van der Waals surface area (Å²) < 4.78 is 2.04. The molecule has 2 heterocycles. The maximum atomic E-state index is 11.7. The van der Waals surface area contributed by atoms with E-state index < -0.39 is 0 Å². The van der Waals surface area contributed by atoms with Crippen molar-refractivity contribution in [1.82, 2.24) is 14.8 Å². The molecular weight excluding hydrogens is 242 g/mol. The Morgan fingerprint density at radius 3 is 2.62 bits per heavy atom. The minimum Gasteiger partial charge on any atom is -0.272 e. The number of aromatic amines is 2. The normalized spacial score (nSPS) is 13.2. The second-order valence-electron chi connectivity index (χ2n) is 3.93. The van der Waals surface area contributed by atoms with Crippen LogP contribution in [0.25, 0.3) is 0 Å². The molecule has 0 aliphatic heterocycles. The van der Waals surface area contributed by atoms with Gasteiger partial charge in [-0.1, -0.05) is 19.9 Å². The van der Waals surface area contributed by atoms with Gasteiger partial charge in [0, 0.05) is 4.88 Å². The van der Waals surface area contributed by atoms with Gasteiger partial charge in [0.15, 0.2) is 4.77 Å². The van der Waals surface area contributed by atoms with Gasteiger partial charge in [0.05, 0.1) is 6.04 Å². The quantitative estimate of drug-likeness (QED) is 0.828. The lowest BCUT2D eigenvalue weighted by Gasteiger charge is -2.19. The van der Waals surface area contributed by atoms with Crippen molar-refractivity contribution in [1.29, 1.82) is 0 Å². The zero-order valence-electron chi connectivity index (χ0n) is 9.06. The first-order chi connectivity index (χ1) is 7.61. The highest BCUT2D eigenvalue weighted by atomic mass is 32.1. The van der Waals surface area contributed by atoms with Crippen LogP contribution in [0.3, 0.4) is 0 Å². The van der Waals surface area contributed by atoms with Gasteiger partial charge < -0.3 is 0 Å². The Kier molecular flexibility index (Phi) is 3.11. The molecule has 0 amide bonds. The maximum Gasteiger partial charge on any atom is 0.342 e. The summed E-state index contributed by atoms with van der Waals surface area (Å²) in [6.45, 7) is 4.16. The van der Waals surface area contributed by atoms with Crippen molar-refractivity contribution in [3.05, 3.63) is 37.6 Å². The summed E-state index contributed by atoms with van der Waals surface area (Å²) >= 11 is 6.76. The van der Waals surface area contributed by atoms with Crippen LogP contribution in [0, 0.1) is 10.7 Å². The molecule has 1 unspecified atom stereocenters. The zero-order chi connectivity index (χ0) is 11.7. The Bertz CT molecular complexity index is 534. The lowest BCUT2D eigenvalue weighted by Crippen LogP contribution is -2.26. The zero-order valence-corrected chi connectivity index (χ0v) is 10.7. The highest BCUT2D eigenvalue weighted by molar-refractivity contribution is 7.71. The summed E-state index contributed by atoms with van der Waals surface area (Å²) in [5.41, 5.74) is -0.183. The van der Waals surface area contributed by atoms with E-state index in [0.29, 0.717) is 10.7 Å². The van der Waals surface area contributed by atoms with Crippen molar-refractivity contribution < 1.29 is 0 Å². The van der Waals surface area contributed by atoms with E-state index in [1.165, 1.54) is 0 Å². The summed E-state index contributed by atoms with van der Waals surface area (Å²) in [4.78, 5) is 12.8. The van der Waals surface area contributed by atoms with Crippen LogP contribution in [0.5, 0.6) is 0 Å². The van der Waals surface area contributed by atoms with Gasteiger partial charge in [-0.3, -0.25) is 9.67 Å². The van der Waals surface area contributed by atoms with Crippen molar-refractivity contribution in [2.45, 2.75) is 19.9 Å². The third kappa shape index (κ3) is 1.90. The number of nitrogens with zero attached hydrogens (tertiary/aromatic N) is 1. The Labute approximate surface area is 102 Å². The van der Waals surface area contributed by atoms with E-state index in [0.717, 1.165) is 4.88 Å². The number of hydrogen-bond acceptors (Lipinski definition) is 3. The van der Waals surface area contributed by atoms with Gasteiger partial charge in [-0.25, -0.2) is 9.89 Å². The van der Waals surface area contributed by atoms with Gasteiger partial charge in [0.25, 0.3) is 0 Å². The number of nitrogens with one attached hydrogen (secondary N) is 2. The van der Waals surface area contributed by atoms with Gasteiger partial charge >= 0.3 is 5.69 Å². The Balaban J connectivity index is 2.58. The van der Waals surface area contributed by atoms with Gasteiger partial charge in [0.1, 0.15) is 0 Å². The van der Waals surface area contributed by atoms with E-state index in [9.17, 15) is 4.79 Å². The highest BCUT2D eigenvalue weighted by Crippen LogP contribution is 2.28. The van der Waals surface area contributed by atoms with E-state index in [1.807, 2.05) is 17.5 Å². The standard InChI is InChI=1S/C10H13N3OS2/c1-6(2)8(7-4-3-5-16-7)13-9(14)11-12-10(13)15/h3-6,8H,1-2H3,(H,11,14)(H,12,15). The largest absolute Gasteiger partial charge is 0.342 e. The van der Waals surface area contributed by atoms with Crippen molar-refractivity contribution >= 4 is 23.6 Å². The van der Waals surface area contributed by atoms with E-state index in [4.69, 9.17) is 12.2 Å². The molecule has 0 fully saturated rings. The topological polar surface area (TPSA) is 53.6 Å². The minimum atomic E-state index is -0.183. The minimum absolute atomic E-state index is 0.00231. The van der Waals surface area contributed by atoms with Crippen molar-refractivity contribution in [2.24, 2.45) is 5.92 Å². The smallest absolute Gasteiger partial charge is 0.272 e. The van der Waals surface area contributed by atoms with Crippen LogP contribution in [0.4, 0.5) is 0 Å². The van der Waals surface area contributed by atoms with Gasteiger partial charge in [-0.05, 0) is 29.6 Å². The van der Waals surface area contributed by atoms with Crippen molar-refractivity contribution in [3.8, 4) is 0 Å². The molecule has 86 valence electrons. The van der Waals surface area contributed by atoms with Gasteiger partial charge in [-0.2, -0.15) is 0 Å². The molecule has 0 aromatic carbocycles. The molecule has 0 aliphatic rings. The van der Waals surface area contributed by atoms with Crippen LogP contribution in [0.1, 0.15) is 24.8 Å². The van der Waals surface area contributed by atoms with Crippen LogP contribution >= 0.6 is 23.6 Å². The van der Waals surface area contributed by atoms with Crippen LogP contribution in [-0.4, -0.2) is 14.8 Å². The summed E-state index contributed by atoms with van der Waals surface area (Å²) in [5, 5.41) is 7.21. The van der Waals surface area contributed by atoms with Gasteiger partial charge in [-0.15, -0.1) is 11.3 Å². The lowest BCUT2D eigenvalue weighted by molar-refractivity contribution is 0.430. The van der Waals surface area contributed by atoms with Crippen LogP contribution < -0.4 is 5.69 Å². The number of H-pyrrole nitrogens is 2. The molecule has 0 saturated heterocycles. The molecule has 1 atom stereocenters. The first-order valence-corrected chi connectivity index (χ1v) is 6.32. The fourth-order valence-electron chi connectivity index (χ4n) is 1.79. The molecule has 0 radical (unpaired) electrons. The third-order valence-electron chi connectivity index (χ3n) is 2.46. The molecule has 2 aromatic heterocycles. The molecule has 2 N–H and O–H groups in total. The molecule has 0 saturated carbocycles. The number of hydrogen-bond donors (Lipinski definition) is 2. The maximum absolute atomic E-state index is 11.7. The first kappa shape index (κ1) is 11.3. The van der Waals surface area contributed by atoms with Crippen molar-refractivity contribution in [3.63, 3.8) is 0 Å². The average Bonchev–Trinajstić information content (AvgIpc) is 2.82. The summed E-state index contributed by atoms with van der Waals surface area (Å²) in [7, 11) is 0. The Morgan fingerprint density at radius 1 is 1.44 bits per heavy atom. The molecule has 2 rings (SSSR count). The Morgan fingerprint density at radius 2 is 2.19 bits per heavy atom. The molecule has 0 bridgehead atoms. The van der Waals surface area contributed by atoms with E-state index >= 15 is 0 Å². The van der Waals surface area contributed by atoms with Crippen LogP contribution in [0.2, 0.25) is 0 Å². The van der Waals surface area contributed by atoms with Gasteiger partial charge in [0.2, 0.25) is 0 Å². The second-order valence-corrected chi connectivity index (χ2v) is 5.30. The molecule has 16 heavy (non-hydrogen) atoms. The van der Waals surface area contributed by atoms with Crippen molar-refractivity contribution in [2.75, 3.05) is 0 Å². The first-order valence-electron chi connectivity index (χ1n) is 5.04. The molecular formula is C10H13N3OS2. The highest BCUT2D eigenvalue weighted by Gasteiger charge is 2.21. The van der Waals surface area contributed by atoms with E-state index in [1.54, 1.807) is 15.9 Å². The average molecular weight is 255 g/mol. The lowest BCUT2D eigenvalue weighted by atomic mass is 10.0. The monoisotopic (exact) mass is 255 g/mol. The molecule has 0 spiro atoms. The molecule has 2 aromatic rings. The fourth-order valence-corrected chi connectivity index (χ4v) is 3.02. The molecule has 0 aliphatic carbocycles. The van der Waals surface area contributed by atoms with Crippen LogP contribution in [0.15, 0.2) is 22.3 Å². The molecule has 6 heteroatoms. The predicted octanol–water partition coefficient (Wildman–Crippen LogP) is 2.54. The second kappa shape index (κ2) is 4.39. The summed E-state index contributed by atoms with van der Waals surface area (Å²) in [5.74, 6) is 0.308. The van der Waals surface area contributed by atoms with E-state index in [2.05, 4.69) is 24.0 Å². The number of aromatic nitrogens is 3. The Hall–Kier alpha value is -1.14. The van der Waals surface area contributed by atoms with E-state index in [-0.39, 0.29) is 11.7 Å². The number of thiophene rings is 1. The predicted molar refractivity (Wildman–Crippen MR) is 67.5 cm³/mol. The number of rotatable bonds is 3. The third-order valence-corrected chi connectivity index (χ3v) is 3.70. The van der Waals surface area contributed by atoms with Crippen LogP contribution in [-0.2, 0) is 0 Å².